The SMILES string of the molecule is CC(C)(O)C1CCN(c2cc3c(cc2NC(=O)c2cnn4cccnc24)C[C@@](C)(CO)O3)CC1.CC(C)(O)C1CCN(c2cc3c(cc2NC(=O)c2cnn4cccnc24)C[C@](C)(CO)O3)CC1. The van der Waals surface area contributed by atoms with Gasteiger partial charge in [0.25, 0.3) is 11.8 Å². The third kappa shape index (κ3) is 9.42. The zero-order valence-electron chi connectivity index (χ0n) is 39.6. The van der Waals surface area contributed by atoms with Gasteiger partial charge in [0.2, 0.25) is 0 Å². The van der Waals surface area contributed by atoms with E-state index in [1.807, 2.05) is 65.8 Å². The van der Waals surface area contributed by atoms with E-state index >= 15 is 0 Å². The molecule has 360 valence electrons. The van der Waals surface area contributed by atoms with E-state index in [2.05, 4.69) is 40.6 Å². The zero-order chi connectivity index (χ0) is 48.2. The van der Waals surface area contributed by atoms with Crippen molar-refractivity contribution in [2.75, 3.05) is 59.8 Å². The number of carbonyl (C=O) groups is 2. The van der Waals surface area contributed by atoms with Crippen molar-refractivity contribution >= 4 is 45.9 Å². The summed E-state index contributed by atoms with van der Waals surface area (Å²) in [4.78, 5) is 39.6. The first-order chi connectivity index (χ1) is 32.3. The molecule has 2 atom stereocenters. The van der Waals surface area contributed by atoms with Crippen molar-refractivity contribution in [2.45, 2.75) is 102 Å². The number of nitrogens with zero attached hydrogens (tertiary/aromatic N) is 8. The fraction of sp³-hybridized carbons (Fsp3) is 0.480. The first-order valence-corrected chi connectivity index (χ1v) is 23.4. The molecule has 4 aliphatic heterocycles. The number of hydrogen-bond donors (Lipinski definition) is 6. The van der Waals surface area contributed by atoms with E-state index in [-0.39, 0.29) is 36.9 Å². The Bertz CT molecular complexity index is 2640. The molecule has 0 unspecified atom stereocenters. The van der Waals surface area contributed by atoms with Gasteiger partial charge in [0, 0.05) is 87.1 Å². The largest absolute Gasteiger partial charge is 0.484 e. The Morgan fingerprint density at radius 2 is 1.04 bits per heavy atom. The van der Waals surface area contributed by atoms with E-state index in [1.54, 1.807) is 46.0 Å². The van der Waals surface area contributed by atoms with E-state index in [1.165, 1.54) is 12.4 Å². The molecule has 2 aromatic carbocycles. The van der Waals surface area contributed by atoms with Gasteiger partial charge in [0.15, 0.2) is 11.3 Å². The van der Waals surface area contributed by atoms with Crippen LogP contribution in [0.5, 0.6) is 11.5 Å². The monoisotopic (exact) mass is 930 g/mol. The zero-order valence-corrected chi connectivity index (χ0v) is 39.6. The molecule has 68 heavy (non-hydrogen) atoms. The van der Waals surface area contributed by atoms with Gasteiger partial charge in [-0.2, -0.15) is 10.2 Å². The summed E-state index contributed by atoms with van der Waals surface area (Å²) in [7, 11) is 0. The maximum atomic E-state index is 13.3. The number of carbonyl (C=O) groups excluding carboxylic acids is 2. The van der Waals surface area contributed by atoms with Crippen LogP contribution in [0.1, 0.15) is 99.1 Å². The molecule has 2 saturated heterocycles. The van der Waals surface area contributed by atoms with Crippen LogP contribution in [0.3, 0.4) is 0 Å². The maximum Gasteiger partial charge on any atom is 0.261 e. The number of piperidine rings is 2. The maximum absolute atomic E-state index is 13.3. The van der Waals surface area contributed by atoms with Gasteiger partial charge < -0.3 is 50.3 Å². The van der Waals surface area contributed by atoms with Gasteiger partial charge in [0.1, 0.15) is 33.8 Å². The smallest absolute Gasteiger partial charge is 0.261 e. The van der Waals surface area contributed by atoms with Crippen LogP contribution < -0.4 is 29.9 Å². The first kappa shape index (κ1) is 46.8. The molecule has 6 N–H and O–H groups in total. The molecular weight excluding hydrogens is 869 g/mol. The lowest BCUT2D eigenvalue weighted by Gasteiger charge is -2.39. The number of aromatic nitrogens is 6. The van der Waals surface area contributed by atoms with Crippen LogP contribution in [-0.2, 0) is 12.8 Å². The Labute approximate surface area is 394 Å². The van der Waals surface area contributed by atoms with Gasteiger partial charge in [-0.1, -0.05) is 0 Å². The Morgan fingerprint density at radius 1 is 0.662 bits per heavy atom. The summed E-state index contributed by atoms with van der Waals surface area (Å²) in [5.41, 5.74) is 3.97. The Kier molecular flexibility index (Phi) is 12.3. The summed E-state index contributed by atoms with van der Waals surface area (Å²) in [5.74, 6) is 1.32. The van der Waals surface area contributed by atoms with Gasteiger partial charge in [-0.25, -0.2) is 19.0 Å². The molecule has 6 aromatic rings. The molecule has 0 radical (unpaired) electrons. The van der Waals surface area contributed by atoms with Gasteiger partial charge in [-0.15, -0.1) is 0 Å². The molecular formula is C50H62N10O8. The molecule has 0 saturated carbocycles. The van der Waals surface area contributed by atoms with Gasteiger partial charge in [-0.3, -0.25) is 9.59 Å². The predicted molar refractivity (Wildman–Crippen MR) is 257 cm³/mol. The van der Waals surface area contributed by atoms with E-state index in [0.29, 0.717) is 46.6 Å². The minimum Gasteiger partial charge on any atom is -0.484 e. The van der Waals surface area contributed by atoms with Crippen LogP contribution in [0.25, 0.3) is 11.3 Å². The van der Waals surface area contributed by atoms with E-state index in [4.69, 9.17) is 9.47 Å². The number of rotatable bonds is 10. The summed E-state index contributed by atoms with van der Waals surface area (Å²) in [5, 5.41) is 55.1. The lowest BCUT2D eigenvalue weighted by molar-refractivity contribution is 0.00608. The fourth-order valence-corrected chi connectivity index (χ4v) is 10.0. The molecule has 0 aliphatic carbocycles. The highest BCUT2D eigenvalue weighted by atomic mass is 16.5. The average molecular weight is 931 g/mol. The van der Waals surface area contributed by atoms with Crippen LogP contribution in [0.4, 0.5) is 22.7 Å². The summed E-state index contributed by atoms with van der Waals surface area (Å²) in [6.07, 6.45) is 14.3. The van der Waals surface area contributed by atoms with Crippen LogP contribution >= 0.6 is 0 Å². The number of nitrogens with one attached hydrogen (secondary N) is 2. The topological polar surface area (TPSA) is 224 Å². The molecule has 0 spiro atoms. The minimum absolute atomic E-state index is 0.0935. The standard InChI is InChI=1S/2C25H31N5O4/c2*1-24(2,33)17-5-9-29(10-6-17)20-12-21-16(13-25(3,15-31)34-21)11-19(20)28-23(32)18-14-27-30-8-4-7-26-22(18)30/h2*4,7-8,11-12,14,17,31,33H,5-6,9-10,13,15H2,1-3H3,(H,28,32)/t2*25-/m10/s1. The second kappa shape index (κ2) is 18.0. The highest BCUT2D eigenvalue weighted by molar-refractivity contribution is 6.10. The van der Waals surface area contributed by atoms with Gasteiger partial charge in [-0.05, 0) is 103 Å². The lowest BCUT2D eigenvalue weighted by atomic mass is 9.83. The number of hydrogen-bond acceptors (Lipinski definition) is 14. The second-order valence-corrected chi connectivity index (χ2v) is 20.4. The predicted octanol–water partition coefficient (Wildman–Crippen LogP) is 5.31. The molecule has 2 amide bonds. The van der Waals surface area contributed by atoms with Crippen molar-refractivity contribution in [3.05, 3.63) is 95.8 Å². The van der Waals surface area contributed by atoms with Crippen LogP contribution in [0.2, 0.25) is 0 Å². The fourth-order valence-electron chi connectivity index (χ4n) is 10.0. The van der Waals surface area contributed by atoms with Crippen molar-refractivity contribution in [3.8, 4) is 11.5 Å². The van der Waals surface area contributed by atoms with Crippen molar-refractivity contribution in [2.24, 2.45) is 11.8 Å². The number of anilines is 4. The highest BCUT2D eigenvalue weighted by Crippen LogP contribution is 2.45. The van der Waals surface area contributed by atoms with Crippen molar-refractivity contribution in [1.82, 2.24) is 29.2 Å². The minimum atomic E-state index is -0.719. The summed E-state index contributed by atoms with van der Waals surface area (Å²) < 4.78 is 15.3. The summed E-state index contributed by atoms with van der Waals surface area (Å²) in [6, 6.07) is 11.3. The summed E-state index contributed by atoms with van der Waals surface area (Å²) >= 11 is 0. The number of fused-ring (bicyclic) bond motifs is 4. The van der Waals surface area contributed by atoms with Gasteiger partial charge >= 0.3 is 0 Å². The van der Waals surface area contributed by atoms with Crippen molar-refractivity contribution in [3.63, 3.8) is 0 Å². The third-order valence-corrected chi connectivity index (χ3v) is 14.1. The van der Waals surface area contributed by atoms with Crippen LogP contribution in [-0.4, -0.2) is 123 Å². The van der Waals surface area contributed by atoms with Crippen LogP contribution in [0.15, 0.2) is 73.6 Å². The molecule has 2 fully saturated rings. The molecule has 18 heteroatoms. The number of aliphatic hydroxyl groups excluding tert-OH is 2. The molecule has 4 aliphatic rings. The Balaban J connectivity index is 0.000000170. The molecule has 10 rings (SSSR count). The second-order valence-electron chi connectivity index (χ2n) is 20.4. The first-order valence-electron chi connectivity index (χ1n) is 23.4. The van der Waals surface area contributed by atoms with Crippen LogP contribution in [0, 0.1) is 11.8 Å². The highest BCUT2D eigenvalue weighted by Gasteiger charge is 2.39. The average Bonchev–Trinajstić information content (AvgIpc) is 4.10. The normalized spacial score (nSPS) is 20.9. The van der Waals surface area contributed by atoms with E-state index in [9.17, 15) is 30.0 Å². The summed E-state index contributed by atoms with van der Waals surface area (Å²) in [6.45, 7) is 14.0. The molecule has 8 heterocycles. The van der Waals surface area contributed by atoms with E-state index in [0.717, 1.165) is 85.9 Å². The van der Waals surface area contributed by atoms with E-state index < -0.39 is 22.4 Å². The Hall–Kier alpha value is -6.34. The van der Waals surface area contributed by atoms with Gasteiger partial charge in [0.05, 0.1) is 59.6 Å². The molecule has 18 nitrogen and oxygen atoms in total. The van der Waals surface area contributed by atoms with Crippen molar-refractivity contribution < 1.29 is 39.5 Å². The number of aliphatic hydroxyl groups is 4. The molecule has 4 aromatic heterocycles. The Morgan fingerprint density at radius 3 is 1.40 bits per heavy atom. The lowest BCUT2D eigenvalue weighted by Crippen LogP contribution is -2.42. The number of amides is 2. The number of benzene rings is 2. The number of ether oxygens (including phenoxy) is 2. The molecule has 0 bridgehead atoms. The third-order valence-electron chi connectivity index (χ3n) is 14.1. The van der Waals surface area contributed by atoms with Crippen molar-refractivity contribution in [1.29, 1.82) is 0 Å². The quantitative estimate of drug-likeness (QED) is 0.103.